The molecule has 1 unspecified atom stereocenters. The number of carbonyl (C=O) groups is 1. The number of nitrogen functional groups attached to an aromatic ring is 1. The maximum Gasteiger partial charge on any atom is 0.472 e. The molecule has 1 aliphatic rings. The minimum absolute atomic E-state index is 0.0315. The van der Waals surface area contributed by atoms with E-state index >= 15 is 0 Å². The van der Waals surface area contributed by atoms with Crippen molar-refractivity contribution in [2.24, 2.45) is 0 Å². The van der Waals surface area contributed by atoms with Gasteiger partial charge in [0.25, 0.3) is 5.56 Å². The van der Waals surface area contributed by atoms with Gasteiger partial charge in [-0.25, -0.2) is 9.55 Å². The van der Waals surface area contributed by atoms with Gasteiger partial charge in [-0.05, 0) is 18.9 Å². The Kier molecular flexibility index (Phi) is 6.45. The number of hydrogen-bond donors (Lipinski definition) is 4. The van der Waals surface area contributed by atoms with Crippen molar-refractivity contribution in [2.75, 3.05) is 25.5 Å². The standard InChI is InChI=1S/C15H21N6O7P/c1-2-10(22)17-5-6-26-29(24,25)27-7-9-3-4-11(28-9)21-8-18-12-13(21)19-15(16)20-14(12)23/h2,8-9,11H,1,3-7H2,(H,17,22)(H,24,25)(H3,16,19,20,23)/t9-,11+/m0/s1. The van der Waals surface area contributed by atoms with Crippen LogP contribution in [-0.4, -0.2) is 56.2 Å². The lowest BCUT2D eigenvalue weighted by atomic mass is 10.2. The number of aromatic amines is 1. The number of carbonyl (C=O) groups excluding carboxylic acids is 1. The van der Waals surface area contributed by atoms with Gasteiger partial charge < -0.3 is 20.7 Å². The molecule has 1 aliphatic heterocycles. The van der Waals surface area contributed by atoms with Crippen molar-refractivity contribution in [1.29, 1.82) is 0 Å². The van der Waals surface area contributed by atoms with Gasteiger partial charge in [0.2, 0.25) is 11.9 Å². The maximum atomic E-state index is 11.9. The molecule has 13 nitrogen and oxygen atoms in total. The molecule has 0 saturated carbocycles. The van der Waals surface area contributed by atoms with Gasteiger partial charge >= 0.3 is 7.82 Å². The molecular weight excluding hydrogens is 407 g/mol. The third kappa shape index (κ3) is 5.28. The zero-order valence-electron chi connectivity index (χ0n) is 15.3. The molecule has 0 bridgehead atoms. The van der Waals surface area contributed by atoms with Crippen molar-refractivity contribution >= 4 is 30.8 Å². The molecule has 3 atom stereocenters. The van der Waals surface area contributed by atoms with Gasteiger partial charge in [-0.3, -0.25) is 28.2 Å². The molecule has 1 amide bonds. The highest BCUT2D eigenvalue weighted by atomic mass is 31.2. The highest BCUT2D eigenvalue weighted by Gasteiger charge is 2.31. The molecule has 29 heavy (non-hydrogen) atoms. The summed E-state index contributed by atoms with van der Waals surface area (Å²) in [7, 11) is -4.30. The minimum atomic E-state index is -4.30. The van der Waals surface area contributed by atoms with Crippen molar-refractivity contribution in [3.05, 3.63) is 29.3 Å². The molecule has 1 fully saturated rings. The van der Waals surface area contributed by atoms with Crippen molar-refractivity contribution < 1.29 is 28.0 Å². The molecule has 14 heteroatoms. The number of aromatic nitrogens is 4. The number of ether oxygens (including phenoxy) is 1. The topological polar surface area (TPSA) is 184 Å². The number of amides is 1. The molecule has 5 N–H and O–H groups in total. The van der Waals surface area contributed by atoms with Crippen LogP contribution < -0.4 is 16.6 Å². The highest BCUT2D eigenvalue weighted by Crippen LogP contribution is 2.44. The maximum absolute atomic E-state index is 11.9. The second-order valence-electron chi connectivity index (χ2n) is 6.16. The van der Waals surface area contributed by atoms with E-state index in [9.17, 15) is 19.0 Å². The first-order chi connectivity index (χ1) is 13.8. The lowest BCUT2D eigenvalue weighted by Crippen LogP contribution is -2.25. The number of imidazole rings is 1. The molecule has 0 aromatic carbocycles. The quantitative estimate of drug-likeness (QED) is 0.237. The van der Waals surface area contributed by atoms with Gasteiger partial charge in [0.15, 0.2) is 11.2 Å². The van der Waals surface area contributed by atoms with Crippen LogP contribution in [0.25, 0.3) is 11.2 Å². The monoisotopic (exact) mass is 428 g/mol. The molecule has 1 saturated heterocycles. The van der Waals surface area contributed by atoms with Crippen LogP contribution in [0.3, 0.4) is 0 Å². The largest absolute Gasteiger partial charge is 0.472 e. The fourth-order valence-corrected chi connectivity index (χ4v) is 3.54. The zero-order chi connectivity index (χ0) is 21.0. The van der Waals surface area contributed by atoms with E-state index in [0.717, 1.165) is 6.08 Å². The van der Waals surface area contributed by atoms with Gasteiger partial charge in [-0.15, -0.1) is 0 Å². The predicted octanol–water partition coefficient (Wildman–Crippen LogP) is -0.185. The average Bonchev–Trinajstić information content (AvgIpc) is 3.30. The summed E-state index contributed by atoms with van der Waals surface area (Å²) in [4.78, 5) is 43.0. The Bertz CT molecular complexity index is 1000. The van der Waals surface area contributed by atoms with Gasteiger partial charge in [0, 0.05) is 6.54 Å². The predicted molar refractivity (Wildman–Crippen MR) is 101 cm³/mol. The molecule has 0 spiro atoms. The SMILES string of the molecule is C=CC(=O)NCCOP(=O)(O)OC[C@@H]1CC[C@H](n2cnc3c(=O)[nH]c(N)nc32)O1. The molecule has 3 heterocycles. The summed E-state index contributed by atoms with van der Waals surface area (Å²) < 4.78 is 29.0. The summed E-state index contributed by atoms with van der Waals surface area (Å²) in [5.41, 5.74) is 5.55. The Labute approximate surface area is 164 Å². The van der Waals surface area contributed by atoms with Crippen molar-refractivity contribution in [2.45, 2.75) is 25.2 Å². The van der Waals surface area contributed by atoms with Crippen LogP contribution >= 0.6 is 7.82 Å². The first-order valence-corrected chi connectivity index (χ1v) is 10.2. The fraction of sp³-hybridized carbons (Fsp3) is 0.467. The fourth-order valence-electron chi connectivity index (χ4n) is 2.79. The summed E-state index contributed by atoms with van der Waals surface area (Å²) in [5.74, 6) is -0.456. The van der Waals surface area contributed by atoms with Gasteiger partial charge in [0.05, 0.1) is 25.6 Å². The van der Waals surface area contributed by atoms with Crippen LogP contribution in [0.4, 0.5) is 5.95 Å². The minimum Gasteiger partial charge on any atom is -0.369 e. The molecular formula is C15H21N6O7P. The summed E-state index contributed by atoms with van der Waals surface area (Å²) in [5, 5.41) is 2.40. The Morgan fingerprint density at radius 2 is 2.34 bits per heavy atom. The number of fused-ring (bicyclic) bond motifs is 1. The number of phosphoric acid groups is 1. The third-order valence-electron chi connectivity index (χ3n) is 4.11. The number of nitrogens with one attached hydrogen (secondary N) is 2. The van der Waals surface area contributed by atoms with Crippen LogP contribution in [0, 0.1) is 0 Å². The van der Waals surface area contributed by atoms with Crippen LogP contribution in [0.15, 0.2) is 23.8 Å². The van der Waals surface area contributed by atoms with Gasteiger partial charge in [-0.2, -0.15) is 4.98 Å². The van der Waals surface area contributed by atoms with Crippen molar-refractivity contribution in [3.8, 4) is 0 Å². The molecule has 2 aromatic rings. The molecule has 2 aromatic heterocycles. The van der Waals surface area contributed by atoms with E-state index in [-0.39, 0.29) is 36.9 Å². The van der Waals surface area contributed by atoms with Crippen molar-refractivity contribution in [1.82, 2.24) is 24.8 Å². The Hall–Kier alpha value is -2.57. The number of anilines is 1. The van der Waals surface area contributed by atoms with Crippen LogP contribution in [0.1, 0.15) is 19.1 Å². The van der Waals surface area contributed by atoms with Crippen LogP contribution in [0.5, 0.6) is 0 Å². The Balaban J connectivity index is 1.51. The number of H-pyrrole nitrogens is 1. The number of phosphoric ester groups is 1. The van der Waals surface area contributed by atoms with E-state index in [2.05, 4.69) is 26.8 Å². The molecule has 0 aliphatic carbocycles. The van der Waals surface area contributed by atoms with Crippen LogP contribution in [-0.2, 0) is 23.1 Å². The number of hydrogen-bond acceptors (Lipinski definition) is 9. The second kappa shape index (κ2) is 8.84. The zero-order valence-corrected chi connectivity index (χ0v) is 16.2. The van der Waals surface area contributed by atoms with Gasteiger partial charge in [0.1, 0.15) is 6.23 Å². The number of nitrogens with zero attached hydrogens (tertiary/aromatic N) is 3. The Morgan fingerprint density at radius 1 is 1.55 bits per heavy atom. The highest BCUT2D eigenvalue weighted by molar-refractivity contribution is 7.47. The third-order valence-corrected chi connectivity index (χ3v) is 5.09. The summed E-state index contributed by atoms with van der Waals surface area (Å²) in [6.45, 7) is 2.94. The normalized spacial score (nSPS) is 21.1. The average molecular weight is 428 g/mol. The first-order valence-electron chi connectivity index (χ1n) is 8.69. The lowest BCUT2D eigenvalue weighted by molar-refractivity contribution is -0.116. The number of rotatable bonds is 9. The lowest BCUT2D eigenvalue weighted by Gasteiger charge is -2.17. The summed E-state index contributed by atoms with van der Waals surface area (Å²) in [6.07, 6.45) is 2.65. The van der Waals surface area contributed by atoms with E-state index in [0.29, 0.717) is 12.8 Å². The summed E-state index contributed by atoms with van der Waals surface area (Å²) in [6, 6.07) is 0. The van der Waals surface area contributed by atoms with E-state index in [1.54, 1.807) is 4.57 Å². The molecule has 158 valence electrons. The smallest absolute Gasteiger partial charge is 0.369 e. The van der Waals surface area contributed by atoms with E-state index in [4.69, 9.17) is 19.5 Å². The first kappa shape index (κ1) is 21.1. The molecule has 3 rings (SSSR count). The summed E-state index contributed by atoms with van der Waals surface area (Å²) >= 11 is 0. The van der Waals surface area contributed by atoms with E-state index in [1.165, 1.54) is 6.33 Å². The molecule has 0 radical (unpaired) electrons. The Morgan fingerprint density at radius 3 is 3.10 bits per heavy atom. The van der Waals surface area contributed by atoms with E-state index < -0.39 is 31.6 Å². The second-order valence-corrected chi connectivity index (χ2v) is 7.61. The van der Waals surface area contributed by atoms with E-state index in [1.807, 2.05) is 0 Å². The van der Waals surface area contributed by atoms with Crippen molar-refractivity contribution in [3.63, 3.8) is 0 Å². The van der Waals surface area contributed by atoms with Crippen LogP contribution in [0.2, 0.25) is 0 Å². The van der Waals surface area contributed by atoms with Gasteiger partial charge in [-0.1, -0.05) is 6.58 Å². The number of nitrogens with two attached hydrogens (primary N) is 1.